The van der Waals surface area contributed by atoms with Crippen LogP contribution in [0.1, 0.15) is 15.9 Å². The van der Waals surface area contributed by atoms with E-state index in [9.17, 15) is 9.18 Å². The van der Waals surface area contributed by atoms with Crippen LogP contribution in [0.3, 0.4) is 0 Å². The molecule has 0 aromatic heterocycles. The van der Waals surface area contributed by atoms with Gasteiger partial charge in [0.2, 0.25) is 0 Å². The van der Waals surface area contributed by atoms with Gasteiger partial charge in [-0.05, 0) is 30.3 Å². The van der Waals surface area contributed by atoms with Gasteiger partial charge in [-0.1, -0.05) is 12.0 Å². The topological polar surface area (TPSA) is 75.3 Å². The van der Waals surface area contributed by atoms with Crippen molar-refractivity contribution in [3.63, 3.8) is 0 Å². The second kappa shape index (κ2) is 5.33. The number of nitrogens with two attached hydrogens (primary N) is 1. The average Bonchev–Trinajstić information content (AvgIpc) is 2.43. The maximum atomic E-state index is 13.3. The lowest BCUT2D eigenvalue weighted by Crippen LogP contribution is -2.08. The predicted molar refractivity (Wildman–Crippen MR) is 75.4 cm³/mol. The standard InChI is InChI=1S/C15H11FN2O2/c1-2-9-4-3-5-10(8-9)18-12-7-6-11(16)14(17)13(12)15(19)20/h1,3-8,18H,17H2,(H,19,20). The van der Waals surface area contributed by atoms with Crippen molar-refractivity contribution in [1.29, 1.82) is 0 Å². The van der Waals surface area contributed by atoms with Crippen LogP contribution in [0.15, 0.2) is 36.4 Å². The molecule has 0 aliphatic heterocycles. The number of halogens is 1. The second-order valence-corrected chi connectivity index (χ2v) is 4.04. The van der Waals surface area contributed by atoms with Crippen LogP contribution in [0, 0.1) is 18.2 Å². The Hall–Kier alpha value is -3.00. The van der Waals surface area contributed by atoms with Gasteiger partial charge in [0, 0.05) is 11.3 Å². The van der Waals surface area contributed by atoms with E-state index in [0.717, 1.165) is 6.07 Å². The zero-order valence-electron chi connectivity index (χ0n) is 10.4. The van der Waals surface area contributed by atoms with Gasteiger partial charge in [-0.2, -0.15) is 0 Å². The van der Waals surface area contributed by atoms with Gasteiger partial charge < -0.3 is 16.2 Å². The third-order valence-electron chi connectivity index (χ3n) is 2.71. The Balaban J connectivity index is 2.46. The van der Waals surface area contributed by atoms with Crippen molar-refractivity contribution in [3.05, 3.63) is 53.3 Å². The Morgan fingerprint density at radius 2 is 2.10 bits per heavy atom. The maximum Gasteiger partial charge on any atom is 0.340 e. The van der Waals surface area contributed by atoms with Gasteiger partial charge >= 0.3 is 5.97 Å². The zero-order valence-corrected chi connectivity index (χ0v) is 10.4. The average molecular weight is 270 g/mol. The number of nitrogens with one attached hydrogen (secondary N) is 1. The van der Waals surface area contributed by atoms with Crippen molar-refractivity contribution >= 4 is 23.0 Å². The van der Waals surface area contributed by atoms with Crippen LogP contribution in [0.25, 0.3) is 0 Å². The molecule has 0 spiro atoms. The fraction of sp³-hybridized carbons (Fsp3) is 0. The molecule has 4 nitrogen and oxygen atoms in total. The molecule has 20 heavy (non-hydrogen) atoms. The highest BCUT2D eigenvalue weighted by atomic mass is 19.1. The molecule has 0 saturated carbocycles. The Labute approximate surface area is 115 Å². The number of rotatable bonds is 3. The summed E-state index contributed by atoms with van der Waals surface area (Å²) in [6.07, 6.45) is 5.29. The SMILES string of the molecule is C#Cc1cccc(Nc2ccc(F)c(N)c2C(=O)O)c1. The quantitative estimate of drug-likeness (QED) is 0.592. The lowest BCUT2D eigenvalue weighted by molar-refractivity contribution is 0.0698. The van der Waals surface area contributed by atoms with E-state index in [1.54, 1.807) is 24.3 Å². The first-order valence-electron chi connectivity index (χ1n) is 5.68. The Bertz CT molecular complexity index is 720. The van der Waals surface area contributed by atoms with Crippen molar-refractivity contribution in [1.82, 2.24) is 0 Å². The number of carboxylic acid groups (broad SMARTS) is 1. The van der Waals surface area contributed by atoms with Crippen molar-refractivity contribution in [2.45, 2.75) is 0 Å². The molecule has 0 amide bonds. The molecular formula is C15H11FN2O2. The van der Waals surface area contributed by atoms with Crippen molar-refractivity contribution in [2.75, 3.05) is 11.1 Å². The van der Waals surface area contributed by atoms with Crippen molar-refractivity contribution < 1.29 is 14.3 Å². The molecule has 0 bridgehead atoms. The summed E-state index contributed by atoms with van der Waals surface area (Å²) >= 11 is 0. The largest absolute Gasteiger partial charge is 0.478 e. The van der Waals surface area contributed by atoms with Crippen LogP contribution in [0.2, 0.25) is 0 Å². The van der Waals surface area contributed by atoms with Gasteiger partial charge in [0.05, 0.1) is 11.4 Å². The molecule has 100 valence electrons. The summed E-state index contributed by atoms with van der Waals surface area (Å²) in [4.78, 5) is 11.2. The normalized spacial score (nSPS) is 9.80. The molecule has 0 atom stereocenters. The van der Waals surface area contributed by atoms with Crippen LogP contribution in [0.4, 0.5) is 21.5 Å². The summed E-state index contributed by atoms with van der Waals surface area (Å²) < 4.78 is 13.3. The lowest BCUT2D eigenvalue weighted by Gasteiger charge is -2.12. The first-order valence-corrected chi connectivity index (χ1v) is 5.68. The number of hydrogen-bond acceptors (Lipinski definition) is 3. The molecule has 2 rings (SSSR count). The van der Waals surface area contributed by atoms with Gasteiger partial charge in [-0.15, -0.1) is 6.42 Å². The highest BCUT2D eigenvalue weighted by Crippen LogP contribution is 2.28. The first-order chi connectivity index (χ1) is 9.52. The number of terminal acetylenes is 1. The number of carbonyl (C=O) groups is 1. The summed E-state index contributed by atoms with van der Waals surface area (Å²) in [5.41, 5.74) is 6.18. The number of carboxylic acids is 1. The van der Waals surface area contributed by atoms with Crippen LogP contribution < -0.4 is 11.1 Å². The van der Waals surface area contributed by atoms with E-state index in [1.807, 2.05) is 0 Å². The fourth-order valence-electron chi connectivity index (χ4n) is 1.77. The highest BCUT2D eigenvalue weighted by molar-refractivity contribution is 6.00. The minimum Gasteiger partial charge on any atom is -0.478 e. The number of benzene rings is 2. The van der Waals surface area contributed by atoms with E-state index in [1.165, 1.54) is 6.07 Å². The van der Waals surface area contributed by atoms with Gasteiger partial charge in [0.15, 0.2) is 0 Å². The van der Waals surface area contributed by atoms with Crippen LogP contribution in [-0.2, 0) is 0 Å². The Kier molecular flexibility index (Phi) is 3.58. The summed E-state index contributed by atoms with van der Waals surface area (Å²) in [5.74, 6) is 0.389. The third kappa shape index (κ3) is 2.54. The second-order valence-electron chi connectivity index (χ2n) is 4.04. The zero-order chi connectivity index (χ0) is 14.7. The van der Waals surface area contributed by atoms with E-state index < -0.39 is 17.5 Å². The summed E-state index contributed by atoms with van der Waals surface area (Å²) in [7, 11) is 0. The molecule has 2 aromatic carbocycles. The van der Waals surface area contributed by atoms with Crippen LogP contribution >= 0.6 is 0 Å². The van der Waals surface area contributed by atoms with E-state index in [-0.39, 0.29) is 11.3 Å². The van der Waals surface area contributed by atoms with Gasteiger partial charge in [-0.25, -0.2) is 9.18 Å². The van der Waals surface area contributed by atoms with E-state index in [0.29, 0.717) is 11.3 Å². The Morgan fingerprint density at radius 1 is 1.35 bits per heavy atom. The summed E-state index contributed by atoms with van der Waals surface area (Å²) in [6.45, 7) is 0. The number of aromatic carboxylic acids is 1. The van der Waals surface area contributed by atoms with Crippen LogP contribution in [0.5, 0.6) is 0 Å². The van der Waals surface area contributed by atoms with Crippen molar-refractivity contribution in [2.24, 2.45) is 0 Å². The molecule has 0 saturated heterocycles. The molecule has 0 aliphatic rings. The maximum absolute atomic E-state index is 13.3. The van der Waals surface area contributed by atoms with Gasteiger partial charge in [-0.3, -0.25) is 0 Å². The van der Waals surface area contributed by atoms with E-state index >= 15 is 0 Å². The molecule has 0 radical (unpaired) electrons. The molecule has 0 fully saturated rings. The third-order valence-corrected chi connectivity index (χ3v) is 2.71. The molecule has 5 heteroatoms. The molecular weight excluding hydrogens is 259 g/mol. The first kappa shape index (κ1) is 13.4. The van der Waals surface area contributed by atoms with Crippen molar-refractivity contribution in [3.8, 4) is 12.3 Å². The van der Waals surface area contributed by atoms with Gasteiger partial charge in [0.25, 0.3) is 0 Å². The van der Waals surface area contributed by atoms with Crippen LogP contribution in [-0.4, -0.2) is 11.1 Å². The number of hydrogen-bond donors (Lipinski definition) is 3. The van der Waals surface area contributed by atoms with Gasteiger partial charge in [0.1, 0.15) is 11.4 Å². The molecule has 0 aliphatic carbocycles. The lowest BCUT2D eigenvalue weighted by atomic mass is 10.1. The monoisotopic (exact) mass is 270 g/mol. The minimum absolute atomic E-state index is 0.200. The number of nitrogen functional groups attached to an aromatic ring is 1. The summed E-state index contributed by atoms with van der Waals surface area (Å²) in [6, 6.07) is 9.27. The summed E-state index contributed by atoms with van der Waals surface area (Å²) in [5, 5.41) is 12.0. The Morgan fingerprint density at radius 3 is 2.75 bits per heavy atom. The predicted octanol–water partition coefficient (Wildman–Crippen LogP) is 2.83. The minimum atomic E-state index is -1.31. The fourth-order valence-corrected chi connectivity index (χ4v) is 1.77. The molecule has 0 unspecified atom stereocenters. The number of anilines is 3. The molecule has 0 heterocycles. The molecule has 2 aromatic rings. The smallest absolute Gasteiger partial charge is 0.340 e. The molecule has 4 N–H and O–H groups in total. The highest BCUT2D eigenvalue weighted by Gasteiger charge is 2.17. The van der Waals surface area contributed by atoms with E-state index in [4.69, 9.17) is 17.3 Å². The van der Waals surface area contributed by atoms with E-state index in [2.05, 4.69) is 11.2 Å².